The molecule has 3 aromatic rings. The molecule has 0 bridgehead atoms. The van der Waals surface area contributed by atoms with Gasteiger partial charge in [0.2, 0.25) is 17.6 Å². The Kier molecular flexibility index (Phi) is 5.96. The molecular formula is C21H24N4O4S2. The van der Waals surface area contributed by atoms with Gasteiger partial charge in [-0.1, -0.05) is 11.2 Å². The summed E-state index contributed by atoms with van der Waals surface area (Å²) in [5.41, 5.74) is 3.46. The predicted octanol–water partition coefficient (Wildman–Crippen LogP) is 3.76. The second-order valence-electron chi connectivity index (χ2n) is 7.86. The first kappa shape index (κ1) is 21.7. The van der Waals surface area contributed by atoms with Crippen LogP contribution < -0.4 is 5.32 Å². The third kappa shape index (κ3) is 4.70. The van der Waals surface area contributed by atoms with Crippen molar-refractivity contribution in [2.45, 2.75) is 37.8 Å². The first-order valence-electron chi connectivity index (χ1n) is 10.0. The van der Waals surface area contributed by atoms with Gasteiger partial charge in [0.15, 0.2) is 0 Å². The molecule has 1 fully saturated rings. The lowest BCUT2D eigenvalue weighted by molar-refractivity contribution is -0.120. The second-order valence-corrected chi connectivity index (χ2v) is 10.9. The summed E-state index contributed by atoms with van der Waals surface area (Å²) in [5, 5.41) is 8.49. The van der Waals surface area contributed by atoms with E-state index in [2.05, 4.69) is 15.5 Å². The van der Waals surface area contributed by atoms with E-state index in [1.165, 1.54) is 4.31 Å². The molecule has 1 aliphatic rings. The molecule has 1 N–H and O–H groups in total. The molecule has 3 heterocycles. The van der Waals surface area contributed by atoms with Gasteiger partial charge in [-0.15, -0.1) is 11.3 Å². The maximum Gasteiger partial charge on any atom is 0.252 e. The van der Waals surface area contributed by atoms with Crippen molar-refractivity contribution < 1.29 is 17.7 Å². The van der Waals surface area contributed by atoms with Gasteiger partial charge in [-0.2, -0.15) is 9.29 Å². The minimum atomic E-state index is -3.71. The molecule has 4 rings (SSSR count). The molecule has 0 unspecified atom stereocenters. The van der Waals surface area contributed by atoms with Gasteiger partial charge in [-0.05, 0) is 56.0 Å². The fourth-order valence-electron chi connectivity index (χ4n) is 3.78. The number of carbonyl (C=O) groups is 1. The molecule has 1 saturated heterocycles. The van der Waals surface area contributed by atoms with Crippen molar-refractivity contribution in [1.29, 1.82) is 0 Å². The Hall–Kier alpha value is -2.56. The molecule has 0 spiro atoms. The summed E-state index contributed by atoms with van der Waals surface area (Å²) in [6, 6.07) is 7.42. The van der Waals surface area contributed by atoms with Gasteiger partial charge in [-0.3, -0.25) is 4.79 Å². The topological polar surface area (TPSA) is 105 Å². The molecule has 1 atom stereocenters. The zero-order chi connectivity index (χ0) is 22.2. The monoisotopic (exact) mass is 460 g/mol. The largest absolute Gasteiger partial charge is 0.339 e. The Labute approximate surface area is 185 Å². The highest BCUT2D eigenvalue weighted by Gasteiger charge is 2.34. The summed E-state index contributed by atoms with van der Waals surface area (Å²) in [4.78, 5) is 17.0. The highest BCUT2D eigenvalue weighted by molar-refractivity contribution is 7.91. The number of benzene rings is 1. The maximum atomic E-state index is 13.2. The molecule has 10 heteroatoms. The lowest BCUT2D eigenvalue weighted by Gasteiger charge is -2.30. The molecule has 0 saturated carbocycles. The summed E-state index contributed by atoms with van der Waals surface area (Å²) in [7, 11) is -3.71. The average Bonchev–Trinajstić information content (AvgIpc) is 3.36. The van der Waals surface area contributed by atoms with Crippen LogP contribution in [0.3, 0.4) is 0 Å². The van der Waals surface area contributed by atoms with Crippen LogP contribution in [0.2, 0.25) is 0 Å². The van der Waals surface area contributed by atoms with Gasteiger partial charge in [0, 0.05) is 36.6 Å². The molecule has 1 aromatic carbocycles. The minimum Gasteiger partial charge on any atom is -0.339 e. The fourth-order valence-corrected chi connectivity index (χ4v) is 6.61. The van der Waals surface area contributed by atoms with E-state index in [-0.39, 0.29) is 16.7 Å². The van der Waals surface area contributed by atoms with Gasteiger partial charge >= 0.3 is 0 Å². The number of thiophene rings is 1. The number of aryl methyl sites for hydroxylation is 3. The Morgan fingerprint density at radius 3 is 2.61 bits per heavy atom. The number of hydrogen-bond donors (Lipinski definition) is 1. The van der Waals surface area contributed by atoms with E-state index in [9.17, 15) is 13.2 Å². The van der Waals surface area contributed by atoms with Crippen molar-refractivity contribution in [2.75, 3.05) is 18.4 Å². The number of nitrogens with one attached hydrogen (secondary N) is 1. The number of aromatic nitrogens is 2. The molecule has 31 heavy (non-hydrogen) atoms. The number of hydrogen-bond acceptors (Lipinski definition) is 7. The van der Waals surface area contributed by atoms with Gasteiger partial charge < -0.3 is 9.84 Å². The molecular weight excluding hydrogens is 436 g/mol. The standard InChI is InChI=1S/C21H24N4O4S2/c1-13-7-14(2)9-18(8-13)23-21(26)16-5-4-6-25(11-16)31(27,28)19-10-17(12-30-19)20-22-15(3)29-24-20/h7-10,12,16H,4-6,11H2,1-3H3,(H,23,26)/t16-/m1/s1. The summed E-state index contributed by atoms with van der Waals surface area (Å²) < 4.78 is 33.0. The van der Waals surface area contributed by atoms with Crippen LogP contribution in [-0.4, -0.2) is 41.9 Å². The molecule has 0 aliphatic carbocycles. The Bertz CT molecular complexity index is 1200. The number of sulfonamides is 1. The predicted molar refractivity (Wildman–Crippen MR) is 118 cm³/mol. The van der Waals surface area contributed by atoms with Crippen molar-refractivity contribution in [3.63, 3.8) is 0 Å². The van der Waals surface area contributed by atoms with E-state index in [0.717, 1.165) is 28.2 Å². The SMILES string of the molecule is Cc1cc(C)cc(NC(=O)[C@@H]2CCCN(S(=O)(=O)c3cc(-c4noc(C)n4)cs3)C2)c1. The van der Waals surface area contributed by atoms with Crippen molar-refractivity contribution >= 4 is 33.0 Å². The summed E-state index contributed by atoms with van der Waals surface area (Å²) in [6.45, 7) is 6.18. The molecule has 1 aliphatic heterocycles. The lowest BCUT2D eigenvalue weighted by atomic mass is 9.98. The molecule has 1 amide bonds. The van der Waals surface area contributed by atoms with Gasteiger partial charge in [0.25, 0.3) is 10.0 Å². The van der Waals surface area contributed by atoms with Crippen molar-refractivity contribution in [2.24, 2.45) is 5.92 Å². The van der Waals surface area contributed by atoms with E-state index in [4.69, 9.17) is 4.52 Å². The zero-order valence-corrected chi connectivity index (χ0v) is 19.2. The normalized spacial score (nSPS) is 17.6. The molecule has 0 radical (unpaired) electrons. The smallest absolute Gasteiger partial charge is 0.252 e. The zero-order valence-electron chi connectivity index (χ0n) is 17.6. The third-order valence-corrected chi connectivity index (χ3v) is 8.48. The van der Waals surface area contributed by atoms with Crippen molar-refractivity contribution in [3.05, 3.63) is 46.7 Å². The van der Waals surface area contributed by atoms with Gasteiger partial charge in [0.1, 0.15) is 4.21 Å². The number of rotatable bonds is 5. The number of amides is 1. The number of anilines is 1. The third-order valence-electron chi connectivity index (χ3n) is 5.20. The Morgan fingerprint density at radius 1 is 1.19 bits per heavy atom. The summed E-state index contributed by atoms with van der Waals surface area (Å²) in [5.74, 6) is 0.224. The first-order chi connectivity index (χ1) is 14.7. The Balaban J connectivity index is 1.48. The average molecular weight is 461 g/mol. The van der Waals surface area contributed by atoms with Gasteiger partial charge in [-0.25, -0.2) is 8.42 Å². The van der Waals surface area contributed by atoms with E-state index in [1.54, 1.807) is 18.4 Å². The minimum absolute atomic E-state index is 0.154. The second kappa shape index (κ2) is 8.52. The maximum absolute atomic E-state index is 13.2. The molecule has 164 valence electrons. The van der Waals surface area contributed by atoms with Crippen LogP contribution in [0.4, 0.5) is 5.69 Å². The van der Waals surface area contributed by atoms with E-state index in [1.807, 2.05) is 32.0 Å². The molecule has 2 aromatic heterocycles. The van der Waals surface area contributed by atoms with Crippen molar-refractivity contribution in [3.8, 4) is 11.4 Å². The van der Waals surface area contributed by atoms with E-state index in [0.29, 0.717) is 36.7 Å². The highest BCUT2D eigenvalue weighted by atomic mass is 32.2. The number of nitrogens with zero attached hydrogens (tertiary/aromatic N) is 3. The molecule has 8 nitrogen and oxygen atoms in total. The van der Waals surface area contributed by atoms with E-state index >= 15 is 0 Å². The highest BCUT2D eigenvalue weighted by Crippen LogP contribution is 2.31. The quantitative estimate of drug-likeness (QED) is 0.621. The van der Waals surface area contributed by atoms with Crippen LogP contribution in [0.1, 0.15) is 29.9 Å². The van der Waals surface area contributed by atoms with Crippen LogP contribution in [-0.2, 0) is 14.8 Å². The van der Waals surface area contributed by atoms with Crippen LogP contribution in [0.5, 0.6) is 0 Å². The van der Waals surface area contributed by atoms with Crippen LogP contribution in [0.15, 0.2) is 38.4 Å². The van der Waals surface area contributed by atoms with Crippen molar-refractivity contribution in [1.82, 2.24) is 14.4 Å². The van der Waals surface area contributed by atoms with E-state index < -0.39 is 15.9 Å². The Morgan fingerprint density at radius 2 is 1.94 bits per heavy atom. The summed E-state index contributed by atoms with van der Waals surface area (Å²) in [6.07, 6.45) is 1.28. The van der Waals surface area contributed by atoms with Crippen LogP contribution in [0, 0.1) is 26.7 Å². The lowest BCUT2D eigenvalue weighted by Crippen LogP contribution is -2.43. The van der Waals surface area contributed by atoms with Gasteiger partial charge in [0.05, 0.1) is 5.92 Å². The fraction of sp³-hybridized carbons (Fsp3) is 0.381. The van der Waals surface area contributed by atoms with Crippen LogP contribution >= 0.6 is 11.3 Å². The number of carbonyl (C=O) groups excluding carboxylic acids is 1. The number of piperidine rings is 1. The summed E-state index contributed by atoms with van der Waals surface area (Å²) >= 11 is 1.12. The van der Waals surface area contributed by atoms with Crippen LogP contribution in [0.25, 0.3) is 11.4 Å². The first-order valence-corrected chi connectivity index (χ1v) is 12.3.